The molecule has 174 valence electrons. The second-order valence-corrected chi connectivity index (χ2v) is 7.64. The summed E-state index contributed by atoms with van der Waals surface area (Å²) in [6, 6.07) is 16.8. The highest BCUT2D eigenvalue weighted by atomic mass is 127. The number of pyridine rings is 1. The lowest BCUT2D eigenvalue weighted by atomic mass is 10.1. The summed E-state index contributed by atoms with van der Waals surface area (Å²) in [6.07, 6.45) is 3.31. The molecule has 9 heteroatoms. The van der Waals surface area contributed by atoms with Crippen LogP contribution in [0.5, 0.6) is 0 Å². The summed E-state index contributed by atoms with van der Waals surface area (Å²) in [7, 11) is 1.77. The average Bonchev–Trinajstić information content (AvgIpc) is 3.37. The molecule has 1 N–H and O–H groups in total. The number of aliphatic imine (C=N–C) groups is 1. The number of aromatic nitrogens is 1. The summed E-state index contributed by atoms with van der Waals surface area (Å²) in [4.78, 5) is 32.7. The zero-order valence-electron chi connectivity index (χ0n) is 18.5. The van der Waals surface area contributed by atoms with E-state index in [-0.39, 0.29) is 35.4 Å². The molecule has 0 atom stereocenters. The van der Waals surface area contributed by atoms with E-state index in [1.54, 1.807) is 47.0 Å². The fourth-order valence-corrected chi connectivity index (χ4v) is 3.74. The standard InChI is InChI=1S/C24H27N5O3.HI/c1-25-24(28-14-12-27(13-15-28)23(31)21-5-4-16-32-21)26-17-19-7-9-20(10-8-19)18-29-11-3-2-6-22(29)30;/h2-11,16H,12-15,17-18H2,1H3,(H,25,26);1H. The molecule has 1 aromatic carbocycles. The highest BCUT2D eigenvalue weighted by Gasteiger charge is 2.25. The van der Waals surface area contributed by atoms with E-state index in [9.17, 15) is 9.59 Å². The molecule has 8 nitrogen and oxygen atoms in total. The predicted molar refractivity (Wildman–Crippen MR) is 138 cm³/mol. The number of nitrogens with one attached hydrogen (secondary N) is 1. The molecule has 2 aromatic heterocycles. The number of amides is 1. The fraction of sp³-hybridized carbons (Fsp3) is 0.292. The summed E-state index contributed by atoms with van der Waals surface area (Å²) in [5.74, 6) is 1.12. The molecule has 1 aliphatic rings. The third-order valence-corrected chi connectivity index (χ3v) is 5.54. The first-order valence-corrected chi connectivity index (χ1v) is 10.7. The molecule has 3 heterocycles. The summed E-state index contributed by atoms with van der Waals surface area (Å²) >= 11 is 0. The average molecular weight is 561 g/mol. The van der Waals surface area contributed by atoms with E-state index in [0.29, 0.717) is 45.0 Å². The Morgan fingerprint density at radius 1 is 0.970 bits per heavy atom. The molecule has 0 spiro atoms. The van der Waals surface area contributed by atoms with Crippen LogP contribution in [-0.2, 0) is 13.1 Å². The maximum Gasteiger partial charge on any atom is 0.289 e. The number of hydrogen-bond donors (Lipinski definition) is 1. The largest absolute Gasteiger partial charge is 0.459 e. The van der Waals surface area contributed by atoms with Gasteiger partial charge in [-0.2, -0.15) is 0 Å². The minimum atomic E-state index is -0.0737. The van der Waals surface area contributed by atoms with Gasteiger partial charge in [0.15, 0.2) is 11.7 Å². The number of guanidine groups is 1. The van der Waals surface area contributed by atoms with Crippen LogP contribution >= 0.6 is 24.0 Å². The molecule has 4 rings (SSSR count). The van der Waals surface area contributed by atoms with Crippen molar-refractivity contribution >= 4 is 35.8 Å². The number of halogens is 1. The lowest BCUT2D eigenvalue weighted by Gasteiger charge is -2.36. The monoisotopic (exact) mass is 561 g/mol. The van der Waals surface area contributed by atoms with Crippen molar-refractivity contribution in [1.29, 1.82) is 0 Å². The van der Waals surface area contributed by atoms with Gasteiger partial charge in [0.05, 0.1) is 12.8 Å². The van der Waals surface area contributed by atoms with Gasteiger partial charge < -0.3 is 24.1 Å². The van der Waals surface area contributed by atoms with Crippen molar-refractivity contribution in [3.05, 3.63) is 94.3 Å². The first-order chi connectivity index (χ1) is 15.6. The Bertz CT molecular complexity index is 1120. The van der Waals surface area contributed by atoms with Gasteiger partial charge in [-0.25, -0.2) is 0 Å². The van der Waals surface area contributed by atoms with Gasteiger partial charge in [0.2, 0.25) is 0 Å². The van der Waals surface area contributed by atoms with Crippen LogP contribution in [0.4, 0.5) is 0 Å². The lowest BCUT2D eigenvalue weighted by Crippen LogP contribution is -2.53. The van der Waals surface area contributed by atoms with Crippen molar-refractivity contribution < 1.29 is 9.21 Å². The number of piperazine rings is 1. The smallest absolute Gasteiger partial charge is 0.289 e. The number of carbonyl (C=O) groups excluding carboxylic acids is 1. The SMILES string of the molecule is CN=C(NCc1ccc(Cn2ccccc2=O)cc1)N1CCN(C(=O)c2ccco2)CC1.I. The van der Waals surface area contributed by atoms with E-state index in [0.717, 1.165) is 17.1 Å². The Morgan fingerprint density at radius 2 is 1.67 bits per heavy atom. The van der Waals surface area contributed by atoms with Gasteiger partial charge in [0, 0.05) is 52.0 Å². The molecule has 0 bridgehead atoms. The van der Waals surface area contributed by atoms with Crippen molar-refractivity contribution in [2.45, 2.75) is 13.1 Å². The van der Waals surface area contributed by atoms with Crippen molar-refractivity contribution in [2.24, 2.45) is 4.99 Å². The number of nitrogens with zero attached hydrogens (tertiary/aromatic N) is 4. The summed E-state index contributed by atoms with van der Waals surface area (Å²) in [6.45, 7) is 3.84. The van der Waals surface area contributed by atoms with Gasteiger partial charge in [-0.3, -0.25) is 14.6 Å². The molecule has 0 unspecified atom stereocenters. The molecule has 1 fully saturated rings. The first-order valence-electron chi connectivity index (χ1n) is 10.7. The summed E-state index contributed by atoms with van der Waals surface area (Å²) < 4.78 is 6.91. The normalized spacial score (nSPS) is 14.0. The van der Waals surface area contributed by atoms with Crippen molar-refractivity contribution in [2.75, 3.05) is 33.2 Å². The molecule has 0 saturated carbocycles. The third kappa shape index (κ3) is 6.25. The van der Waals surface area contributed by atoms with E-state index in [4.69, 9.17) is 4.42 Å². The van der Waals surface area contributed by atoms with Crippen molar-refractivity contribution in [3.63, 3.8) is 0 Å². The van der Waals surface area contributed by atoms with Gasteiger partial charge in [-0.05, 0) is 29.3 Å². The Labute approximate surface area is 209 Å². The van der Waals surface area contributed by atoms with Crippen LogP contribution in [0.25, 0.3) is 0 Å². The highest BCUT2D eigenvalue weighted by molar-refractivity contribution is 14.0. The van der Waals surface area contributed by atoms with E-state index >= 15 is 0 Å². The van der Waals surface area contributed by atoms with E-state index in [1.807, 2.05) is 18.2 Å². The number of benzene rings is 1. The van der Waals surface area contributed by atoms with Crippen LogP contribution in [0.2, 0.25) is 0 Å². The van der Waals surface area contributed by atoms with Gasteiger partial charge in [-0.15, -0.1) is 24.0 Å². The quantitative estimate of drug-likeness (QED) is 0.295. The third-order valence-electron chi connectivity index (χ3n) is 5.54. The topological polar surface area (TPSA) is 83.1 Å². The van der Waals surface area contributed by atoms with E-state index < -0.39 is 0 Å². The molecule has 1 amide bonds. The van der Waals surface area contributed by atoms with E-state index in [1.165, 1.54) is 6.26 Å². The van der Waals surface area contributed by atoms with Crippen LogP contribution in [-0.4, -0.2) is 59.5 Å². The van der Waals surface area contributed by atoms with Gasteiger partial charge >= 0.3 is 0 Å². The number of carbonyl (C=O) groups is 1. The van der Waals surface area contributed by atoms with Crippen LogP contribution in [0, 0.1) is 0 Å². The lowest BCUT2D eigenvalue weighted by molar-refractivity contribution is 0.0657. The zero-order chi connectivity index (χ0) is 22.3. The fourth-order valence-electron chi connectivity index (χ4n) is 3.74. The number of rotatable bonds is 5. The molecule has 3 aromatic rings. The summed E-state index contributed by atoms with van der Waals surface area (Å²) in [5, 5.41) is 3.40. The minimum absolute atomic E-state index is 0. The Morgan fingerprint density at radius 3 is 2.30 bits per heavy atom. The van der Waals surface area contributed by atoms with Gasteiger partial charge in [0.1, 0.15) is 0 Å². The van der Waals surface area contributed by atoms with Gasteiger partial charge in [-0.1, -0.05) is 30.3 Å². The molecule has 33 heavy (non-hydrogen) atoms. The maximum absolute atomic E-state index is 12.4. The van der Waals surface area contributed by atoms with Crippen LogP contribution in [0.15, 0.2) is 81.3 Å². The van der Waals surface area contributed by atoms with Gasteiger partial charge in [0.25, 0.3) is 11.5 Å². The molecule has 0 aliphatic carbocycles. The Balaban J connectivity index is 0.00000306. The molecule has 0 radical (unpaired) electrons. The molecule has 1 aliphatic heterocycles. The number of hydrogen-bond acceptors (Lipinski definition) is 4. The maximum atomic E-state index is 12.4. The molecular formula is C24H28IN5O3. The second-order valence-electron chi connectivity index (χ2n) is 7.64. The highest BCUT2D eigenvalue weighted by Crippen LogP contribution is 2.10. The van der Waals surface area contributed by atoms with Crippen molar-refractivity contribution in [3.8, 4) is 0 Å². The second kappa shape index (κ2) is 11.7. The van der Waals surface area contributed by atoms with Crippen molar-refractivity contribution in [1.82, 2.24) is 19.7 Å². The Kier molecular flexibility index (Phi) is 8.70. The summed E-state index contributed by atoms with van der Waals surface area (Å²) in [5.41, 5.74) is 2.19. The minimum Gasteiger partial charge on any atom is -0.459 e. The first kappa shape index (κ1) is 24.6. The Hall–Kier alpha value is -3.08. The van der Waals surface area contributed by atoms with Crippen LogP contribution < -0.4 is 10.9 Å². The predicted octanol–water partition coefficient (Wildman–Crippen LogP) is 2.64. The molecular weight excluding hydrogens is 533 g/mol. The van der Waals surface area contributed by atoms with Crippen LogP contribution in [0.1, 0.15) is 21.7 Å². The van der Waals surface area contributed by atoms with Crippen LogP contribution in [0.3, 0.4) is 0 Å². The van der Waals surface area contributed by atoms with E-state index in [2.05, 4.69) is 27.3 Å². The molecule has 1 saturated heterocycles. The zero-order valence-corrected chi connectivity index (χ0v) is 20.8. The number of furan rings is 1.